The van der Waals surface area contributed by atoms with E-state index in [4.69, 9.17) is 0 Å². The van der Waals surface area contributed by atoms with Gasteiger partial charge in [0, 0.05) is 31.9 Å². The Balaban J connectivity index is 1.30. The van der Waals surface area contributed by atoms with E-state index < -0.39 is 0 Å². The van der Waals surface area contributed by atoms with Crippen LogP contribution in [0.25, 0.3) is 10.8 Å². The average Bonchev–Trinajstić information content (AvgIpc) is 3.15. The normalized spacial score (nSPS) is 10.9. The molecule has 1 amide bonds. The number of aromatic nitrogens is 2. The molecule has 1 N–H and O–H groups in total. The third-order valence-corrected chi connectivity index (χ3v) is 4.85. The van der Waals surface area contributed by atoms with Gasteiger partial charge in [-0.25, -0.2) is 4.98 Å². The summed E-state index contributed by atoms with van der Waals surface area (Å²) in [5.41, 5.74) is 2.27. The first-order valence-corrected chi connectivity index (χ1v) is 9.56. The summed E-state index contributed by atoms with van der Waals surface area (Å²) < 4.78 is 2.13. The highest BCUT2D eigenvalue weighted by atomic mass is 16.1. The van der Waals surface area contributed by atoms with Crippen LogP contribution in [0.3, 0.4) is 0 Å². The zero-order chi connectivity index (χ0) is 19.2. The van der Waals surface area contributed by atoms with Crippen molar-refractivity contribution in [2.75, 3.05) is 6.54 Å². The van der Waals surface area contributed by atoms with Gasteiger partial charge >= 0.3 is 0 Å². The summed E-state index contributed by atoms with van der Waals surface area (Å²) in [5, 5.41) is 5.37. The lowest BCUT2D eigenvalue weighted by Crippen LogP contribution is -2.28. The van der Waals surface area contributed by atoms with Crippen molar-refractivity contribution in [3.05, 3.63) is 102 Å². The number of nitrogens with one attached hydrogen (secondary N) is 1. The molecule has 4 nitrogen and oxygen atoms in total. The molecule has 0 fully saturated rings. The van der Waals surface area contributed by atoms with Gasteiger partial charge in [0.25, 0.3) is 0 Å². The fourth-order valence-electron chi connectivity index (χ4n) is 3.40. The Morgan fingerprint density at radius 3 is 2.54 bits per heavy atom. The molecule has 4 aromatic rings. The quantitative estimate of drug-likeness (QED) is 0.535. The van der Waals surface area contributed by atoms with Gasteiger partial charge < -0.3 is 9.88 Å². The standard InChI is InChI=1S/C24H23N3O/c28-24(17-20-10-11-21-8-4-5-9-22(21)16-20)26-13-12-23-25-14-15-27(23)18-19-6-2-1-3-7-19/h1-11,14-16H,12-13,17-18H2,(H,26,28). The van der Waals surface area contributed by atoms with Crippen molar-refractivity contribution >= 4 is 16.7 Å². The van der Waals surface area contributed by atoms with Crippen LogP contribution >= 0.6 is 0 Å². The van der Waals surface area contributed by atoms with Crippen molar-refractivity contribution in [1.29, 1.82) is 0 Å². The van der Waals surface area contributed by atoms with E-state index in [9.17, 15) is 4.79 Å². The second kappa shape index (κ2) is 8.53. The zero-order valence-corrected chi connectivity index (χ0v) is 15.7. The van der Waals surface area contributed by atoms with Crippen LogP contribution in [0.5, 0.6) is 0 Å². The van der Waals surface area contributed by atoms with Crippen molar-refractivity contribution in [3.8, 4) is 0 Å². The summed E-state index contributed by atoms with van der Waals surface area (Å²) in [5.74, 6) is 1.02. The van der Waals surface area contributed by atoms with E-state index in [1.165, 1.54) is 10.9 Å². The molecule has 0 aliphatic carbocycles. The average molecular weight is 369 g/mol. The first kappa shape index (κ1) is 18.0. The van der Waals surface area contributed by atoms with Crippen LogP contribution in [0.1, 0.15) is 17.0 Å². The summed E-state index contributed by atoms with van der Waals surface area (Å²) in [6.07, 6.45) is 4.90. The van der Waals surface area contributed by atoms with E-state index in [1.54, 1.807) is 0 Å². The Hall–Kier alpha value is -3.40. The number of hydrogen-bond acceptors (Lipinski definition) is 2. The number of carbonyl (C=O) groups excluding carboxylic acids is 1. The van der Waals surface area contributed by atoms with Gasteiger partial charge in [-0.15, -0.1) is 0 Å². The maximum Gasteiger partial charge on any atom is 0.224 e. The highest BCUT2D eigenvalue weighted by Crippen LogP contribution is 2.16. The number of nitrogens with zero attached hydrogens (tertiary/aromatic N) is 2. The molecule has 4 rings (SSSR count). The molecule has 0 radical (unpaired) electrons. The van der Waals surface area contributed by atoms with Gasteiger partial charge in [-0.05, 0) is 21.9 Å². The highest BCUT2D eigenvalue weighted by Gasteiger charge is 2.07. The van der Waals surface area contributed by atoms with Crippen molar-refractivity contribution in [3.63, 3.8) is 0 Å². The van der Waals surface area contributed by atoms with E-state index >= 15 is 0 Å². The van der Waals surface area contributed by atoms with Crippen LogP contribution in [0.2, 0.25) is 0 Å². The molecule has 0 aliphatic rings. The number of amides is 1. The summed E-state index contributed by atoms with van der Waals surface area (Å²) >= 11 is 0. The zero-order valence-electron chi connectivity index (χ0n) is 15.7. The molecule has 0 saturated carbocycles. The molecule has 1 aromatic heterocycles. The van der Waals surface area contributed by atoms with Crippen LogP contribution in [-0.2, 0) is 24.2 Å². The lowest BCUT2D eigenvalue weighted by atomic mass is 10.0. The minimum atomic E-state index is 0.0384. The van der Waals surface area contributed by atoms with Gasteiger partial charge in [0.15, 0.2) is 0 Å². The molecule has 28 heavy (non-hydrogen) atoms. The largest absolute Gasteiger partial charge is 0.355 e. The molecule has 0 bridgehead atoms. The third kappa shape index (κ3) is 4.46. The monoisotopic (exact) mass is 369 g/mol. The first-order valence-electron chi connectivity index (χ1n) is 9.56. The molecule has 140 valence electrons. The van der Waals surface area contributed by atoms with Gasteiger partial charge in [-0.3, -0.25) is 4.79 Å². The molecule has 1 heterocycles. The van der Waals surface area contributed by atoms with E-state index in [-0.39, 0.29) is 5.91 Å². The van der Waals surface area contributed by atoms with E-state index in [0.717, 1.165) is 23.3 Å². The summed E-state index contributed by atoms with van der Waals surface area (Å²) in [6.45, 7) is 1.37. The number of rotatable bonds is 7. The Morgan fingerprint density at radius 2 is 1.68 bits per heavy atom. The fraction of sp³-hybridized carbons (Fsp3) is 0.167. The van der Waals surface area contributed by atoms with Crippen molar-refractivity contribution in [1.82, 2.24) is 14.9 Å². The van der Waals surface area contributed by atoms with Crippen LogP contribution in [-0.4, -0.2) is 22.0 Å². The smallest absolute Gasteiger partial charge is 0.224 e. The van der Waals surface area contributed by atoms with Crippen molar-refractivity contribution in [2.45, 2.75) is 19.4 Å². The molecule has 0 unspecified atom stereocenters. The van der Waals surface area contributed by atoms with Crippen molar-refractivity contribution in [2.24, 2.45) is 0 Å². The van der Waals surface area contributed by atoms with Gasteiger partial charge in [-0.2, -0.15) is 0 Å². The fourth-order valence-corrected chi connectivity index (χ4v) is 3.40. The molecule has 0 aliphatic heterocycles. The summed E-state index contributed by atoms with van der Waals surface area (Å²) in [7, 11) is 0. The van der Waals surface area contributed by atoms with Crippen LogP contribution in [0, 0.1) is 0 Å². The lowest BCUT2D eigenvalue weighted by Gasteiger charge is -2.09. The van der Waals surface area contributed by atoms with E-state index in [1.807, 2.05) is 48.8 Å². The van der Waals surface area contributed by atoms with E-state index in [0.29, 0.717) is 19.4 Å². The second-order valence-electron chi connectivity index (χ2n) is 6.92. The number of hydrogen-bond donors (Lipinski definition) is 1. The Morgan fingerprint density at radius 1 is 0.893 bits per heavy atom. The molecule has 0 spiro atoms. The van der Waals surface area contributed by atoms with Crippen LogP contribution in [0.4, 0.5) is 0 Å². The Labute approximate surface area is 164 Å². The van der Waals surface area contributed by atoms with Gasteiger partial charge in [0.2, 0.25) is 5.91 Å². The minimum absolute atomic E-state index is 0.0384. The highest BCUT2D eigenvalue weighted by molar-refractivity contribution is 5.85. The predicted molar refractivity (Wildman–Crippen MR) is 112 cm³/mol. The number of benzene rings is 3. The maximum atomic E-state index is 12.3. The Bertz CT molecular complexity index is 1070. The van der Waals surface area contributed by atoms with Crippen LogP contribution < -0.4 is 5.32 Å². The van der Waals surface area contributed by atoms with Crippen molar-refractivity contribution < 1.29 is 4.79 Å². The Kier molecular flexibility index (Phi) is 5.48. The lowest BCUT2D eigenvalue weighted by molar-refractivity contribution is -0.120. The molecule has 4 heteroatoms. The molecular weight excluding hydrogens is 346 g/mol. The first-order chi connectivity index (χ1) is 13.8. The third-order valence-electron chi connectivity index (χ3n) is 4.85. The molecular formula is C24H23N3O. The topological polar surface area (TPSA) is 46.9 Å². The number of imidazole rings is 1. The molecule has 0 atom stereocenters. The summed E-state index contributed by atoms with van der Waals surface area (Å²) in [4.78, 5) is 16.8. The number of carbonyl (C=O) groups is 1. The van der Waals surface area contributed by atoms with Gasteiger partial charge in [-0.1, -0.05) is 72.8 Å². The maximum absolute atomic E-state index is 12.3. The predicted octanol–water partition coefficient (Wildman–Crippen LogP) is 3.99. The minimum Gasteiger partial charge on any atom is -0.355 e. The van der Waals surface area contributed by atoms with Gasteiger partial charge in [0.1, 0.15) is 5.82 Å². The second-order valence-corrected chi connectivity index (χ2v) is 6.92. The SMILES string of the molecule is O=C(Cc1ccc2ccccc2c1)NCCc1nccn1Cc1ccccc1. The number of fused-ring (bicyclic) bond motifs is 1. The van der Waals surface area contributed by atoms with Crippen LogP contribution in [0.15, 0.2) is 85.2 Å². The van der Waals surface area contributed by atoms with Gasteiger partial charge in [0.05, 0.1) is 6.42 Å². The van der Waals surface area contributed by atoms with E-state index in [2.05, 4.69) is 51.3 Å². The molecule has 3 aromatic carbocycles. The summed E-state index contributed by atoms with van der Waals surface area (Å²) in [6, 6.07) is 24.7. The molecule has 0 saturated heterocycles.